The Bertz CT molecular complexity index is 388. The highest BCUT2D eigenvalue weighted by molar-refractivity contribution is 5.80. The molecule has 2 N–H and O–H groups in total. The third-order valence-corrected chi connectivity index (χ3v) is 3.51. The van der Waals surface area contributed by atoms with Gasteiger partial charge in [0, 0.05) is 13.2 Å². The number of amides is 1. The Kier molecular flexibility index (Phi) is 8.71. The molecule has 0 saturated carbocycles. The molecule has 1 aromatic carbocycles. The molecule has 0 aromatic heterocycles. The maximum Gasteiger partial charge on any atom is 0.248 e. The van der Waals surface area contributed by atoms with Gasteiger partial charge in [0.15, 0.2) is 0 Å². The van der Waals surface area contributed by atoms with Crippen molar-refractivity contribution in [1.29, 1.82) is 0 Å². The van der Waals surface area contributed by atoms with Gasteiger partial charge in [0.2, 0.25) is 5.91 Å². The van der Waals surface area contributed by atoms with Gasteiger partial charge in [-0.05, 0) is 31.2 Å². The summed E-state index contributed by atoms with van der Waals surface area (Å²) in [4.78, 5) is 12.0. The average Bonchev–Trinajstić information content (AvgIpc) is 2.51. The number of rotatable bonds is 10. The quantitative estimate of drug-likeness (QED) is 0.697. The predicted octanol–water partition coefficient (Wildman–Crippen LogP) is 2.51. The molecule has 0 aliphatic heterocycles. The summed E-state index contributed by atoms with van der Waals surface area (Å²) >= 11 is 0. The van der Waals surface area contributed by atoms with Crippen molar-refractivity contribution in [2.45, 2.75) is 45.8 Å². The summed E-state index contributed by atoms with van der Waals surface area (Å²) in [6.45, 7) is 5.08. The minimum absolute atomic E-state index is 0.0926. The van der Waals surface area contributed by atoms with Crippen molar-refractivity contribution >= 4 is 5.91 Å². The zero-order valence-corrected chi connectivity index (χ0v) is 13.0. The Balaban J connectivity index is 2.30. The maximum absolute atomic E-state index is 12.0. The zero-order chi connectivity index (χ0) is 15.5. The van der Waals surface area contributed by atoms with E-state index in [1.807, 2.05) is 30.3 Å². The Hall–Kier alpha value is -1.39. The van der Waals surface area contributed by atoms with Crippen molar-refractivity contribution < 1.29 is 14.6 Å². The molecule has 118 valence electrons. The molecule has 0 bridgehead atoms. The number of benzene rings is 1. The third kappa shape index (κ3) is 7.25. The van der Waals surface area contributed by atoms with Crippen LogP contribution in [0, 0.1) is 5.92 Å². The highest BCUT2D eigenvalue weighted by Gasteiger charge is 2.15. The highest BCUT2D eigenvalue weighted by atomic mass is 16.5. The van der Waals surface area contributed by atoms with Crippen LogP contribution in [0.4, 0.5) is 0 Å². The van der Waals surface area contributed by atoms with Crippen LogP contribution in [0.5, 0.6) is 0 Å². The fraction of sp³-hybridized carbons (Fsp3) is 0.588. The number of hydrogen-bond acceptors (Lipinski definition) is 3. The van der Waals surface area contributed by atoms with E-state index in [0.717, 1.165) is 24.8 Å². The lowest BCUT2D eigenvalue weighted by atomic mass is 10.0. The van der Waals surface area contributed by atoms with Gasteiger partial charge in [0.05, 0.1) is 6.61 Å². The van der Waals surface area contributed by atoms with Crippen molar-refractivity contribution in [2.75, 3.05) is 13.2 Å². The summed E-state index contributed by atoms with van der Waals surface area (Å²) in [7, 11) is 0. The monoisotopic (exact) mass is 293 g/mol. The van der Waals surface area contributed by atoms with E-state index >= 15 is 0 Å². The Morgan fingerprint density at radius 3 is 2.62 bits per heavy atom. The first-order valence-electron chi connectivity index (χ1n) is 7.71. The van der Waals surface area contributed by atoms with E-state index < -0.39 is 6.10 Å². The normalized spacial score (nSPS) is 13.7. The first kappa shape index (κ1) is 17.7. The molecule has 0 fully saturated rings. The molecule has 2 atom stereocenters. The van der Waals surface area contributed by atoms with Gasteiger partial charge in [-0.1, -0.05) is 43.7 Å². The van der Waals surface area contributed by atoms with Crippen LogP contribution in [0.25, 0.3) is 0 Å². The maximum atomic E-state index is 12.0. The van der Waals surface area contributed by atoms with Gasteiger partial charge < -0.3 is 15.2 Å². The summed E-state index contributed by atoms with van der Waals surface area (Å²) in [5, 5.41) is 11.9. The SMILES string of the molecule is CCCC(CCO)CNC(=O)C(C)OCc1ccccc1. The van der Waals surface area contributed by atoms with Gasteiger partial charge in [-0.3, -0.25) is 4.79 Å². The van der Waals surface area contributed by atoms with Crippen LogP contribution >= 0.6 is 0 Å². The lowest BCUT2D eigenvalue weighted by Gasteiger charge is -2.18. The largest absolute Gasteiger partial charge is 0.396 e. The van der Waals surface area contributed by atoms with Crippen LogP contribution in [0.2, 0.25) is 0 Å². The molecule has 0 aliphatic carbocycles. The number of ether oxygens (including phenoxy) is 1. The molecule has 1 amide bonds. The number of carbonyl (C=O) groups is 1. The van der Waals surface area contributed by atoms with Gasteiger partial charge in [-0.2, -0.15) is 0 Å². The summed E-state index contributed by atoms with van der Waals surface area (Å²) in [6.07, 6.45) is 2.33. The minimum atomic E-state index is -0.471. The van der Waals surface area contributed by atoms with Crippen molar-refractivity contribution in [2.24, 2.45) is 5.92 Å². The number of nitrogens with one attached hydrogen (secondary N) is 1. The van der Waals surface area contributed by atoms with E-state index in [1.165, 1.54) is 0 Å². The summed E-state index contributed by atoms with van der Waals surface area (Å²) < 4.78 is 5.58. The van der Waals surface area contributed by atoms with Gasteiger partial charge in [-0.15, -0.1) is 0 Å². The molecule has 2 unspecified atom stereocenters. The highest BCUT2D eigenvalue weighted by Crippen LogP contribution is 2.10. The van der Waals surface area contributed by atoms with Crippen LogP contribution in [0.3, 0.4) is 0 Å². The summed E-state index contributed by atoms with van der Waals surface area (Å²) in [5.41, 5.74) is 1.06. The van der Waals surface area contributed by atoms with Crippen LogP contribution in [0.15, 0.2) is 30.3 Å². The molecule has 4 nitrogen and oxygen atoms in total. The zero-order valence-electron chi connectivity index (χ0n) is 13.0. The Labute approximate surface area is 127 Å². The van der Waals surface area contributed by atoms with Crippen LogP contribution < -0.4 is 5.32 Å². The number of hydrogen-bond donors (Lipinski definition) is 2. The molecule has 0 spiro atoms. The van der Waals surface area contributed by atoms with E-state index in [-0.39, 0.29) is 12.5 Å². The summed E-state index contributed by atoms with van der Waals surface area (Å²) in [6, 6.07) is 9.81. The standard InChI is InChI=1S/C17H27NO3/c1-3-7-15(10-11-19)12-18-17(20)14(2)21-13-16-8-5-4-6-9-16/h4-6,8-9,14-15,19H,3,7,10-13H2,1-2H3,(H,18,20). The first-order valence-corrected chi connectivity index (χ1v) is 7.71. The third-order valence-electron chi connectivity index (χ3n) is 3.51. The van der Waals surface area contributed by atoms with E-state index in [2.05, 4.69) is 12.2 Å². The first-order chi connectivity index (χ1) is 10.2. The molecular formula is C17H27NO3. The predicted molar refractivity (Wildman–Crippen MR) is 83.8 cm³/mol. The molecule has 0 aliphatic rings. The fourth-order valence-electron chi connectivity index (χ4n) is 2.20. The Morgan fingerprint density at radius 2 is 2.00 bits per heavy atom. The van der Waals surface area contributed by atoms with Crippen LogP contribution in [-0.2, 0) is 16.1 Å². The van der Waals surface area contributed by atoms with Crippen molar-refractivity contribution in [1.82, 2.24) is 5.32 Å². The minimum Gasteiger partial charge on any atom is -0.396 e. The molecule has 21 heavy (non-hydrogen) atoms. The molecule has 0 radical (unpaired) electrons. The van der Waals surface area contributed by atoms with E-state index in [0.29, 0.717) is 19.1 Å². The number of aliphatic hydroxyl groups excluding tert-OH is 1. The fourth-order valence-corrected chi connectivity index (χ4v) is 2.20. The van der Waals surface area contributed by atoms with Gasteiger partial charge in [-0.25, -0.2) is 0 Å². The smallest absolute Gasteiger partial charge is 0.248 e. The number of carbonyl (C=O) groups excluding carboxylic acids is 1. The molecular weight excluding hydrogens is 266 g/mol. The van der Waals surface area contributed by atoms with Crippen molar-refractivity contribution in [3.8, 4) is 0 Å². The Morgan fingerprint density at radius 1 is 1.29 bits per heavy atom. The second-order valence-corrected chi connectivity index (χ2v) is 5.35. The average molecular weight is 293 g/mol. The van der Waals surface area contributed by atoms with Gasteiger partial charge in [0.25, 0.3) is 0 Å². The second-order valence-electron chi connectivity index (χ2n) is 5.35. The van der Waals surface area contributed by atoms with Crippen molar-refractivity contribution in [3.05, 3.63) is 35.9 Å². The van der Waals surface area contributed by atoms with Gasteiger partial charge in [0.1, 0.15) is 6.10 Å². The second kappa shape index (κ2) is 10.4. The van der Waals surface area contributed by atoms with E-state index in [9.17, 15) is 4.79 Å². The van der Waals surface area contributed by atoms with E-state index in [4.69, 9.17) is 9.84 Å². The lowest BCUT2D eigenvalue weighted by molar-refractivity contribution is -0.132. The molecule has 0 heterocycles. The van der Waals surface area contributed by atoms with Crippen LogP contribution in [-0.4, -0.2) is 30.3 Å². The van der Waals surface area contributed by atoms with Gasteiger partial charge >= 0.3 is 0 Å². The van der Waals surface area contributed by atoms with Crippen molar-refractivity contribution in [3.63, 3.8) is 0 Å². The summed E-state index contributed by atoms with van der Waals surface area (Å²) in [5.74, 6) is 0.246. The molecule has 0 saturated heterocycles. The van der Waals surface area contributed by atoms with E-state index in [1.54, 1.807) is 6.92 Å². The number of aliphatic hydroxyl groups is 1. The molecule has 4 heteroatoms. The lowest BCUT2D eigenvalue weighted by Crippen LogP contribution is -2.37. The topological polar surface area (TPSA) is 58.6 Å². The van der Waals surface area contributed by atoms with Crippen LogP contribution in [0.1, 0.15) is 38.7 Å². The molecule has 1 aromatic rings. The molecule has 1 rings (SSSR count).